The highest BCUT2D eigenvalue weighted by molar-refractivity contribution is 7.89. The van der Waals surface area contributed by atoms with Crippen LogP contribution in [0.1, 0.15) is 19.4 Å². The molecule has 0 unspecified atom stereocenters. The molecular weight excluding hydrogens is 548 g/mol. The van der Waals surface area contributed by atoms with Gasteiger partial charge >= 0.3 is 0 Å². The maximum Gasteiger partial charge on any atom is 0.243 e. The topological polar surface area (TPSA) is 98.7 Å². The number of para-hydroxylation sites is 1. The van der Waals surface area contributed by atoms with Crippen molar-refractivity contribution in [2.75, 3.05) is 74.8 Å². The Kier molecular flexibility index (Phi) is 8.43. The van der Waals surface area contributed by atoms with Crippen LogP contribution in [0.2, 0.25) is 0 Å². The van der Waals surface area contributed by atoms with Crippen LogP contribution in [-0.2, 0) is 24.9 Å². The van der Waals surface area contributed by atoms with Crippen LogP contribution in [0.15, 0.2) is 64.2 Å². The summed E-state index contributed by atoms with van der Waals surface area (Å²) in [5.41, 5.74) is 7.73. The summed E-state index contributed by atoms with van der Waals surface area (Å²) < 4.78 is 39.0. The third-order valence-corrected chi connectivity index (χ3v) is 9.68. The van der Waals surface area contributed by atoms with E-state index in [1.165, 1.54) is 15.6 Å². The minimum Gasteiger partial charge on any atom is -0.379 e. The van der Waals surface area contributed by atoms with E-state index in [4.69, 9.17) is 21.7 Å². The average Bonchev–Trinajstić information content (AvgIpc) is 3.16. The largest absolute Gasteiger partial charge is 0.379 e. The molecular formula is C28H36N6O4S2. The molecule has 0 aromatic heterocycles. The summed E-state index contributed by atoms with van der Waals surface area (Å²) in [5.74, 6) is 0. The van der Waals surface area contributed by atoms with Crippen LogP contribution >= 0.6 is 12.2 Å². The first-order valence-electron chi connectivity index (χ1n) is 13.4. The first-order valence-corrected chi connectivity index (χ1v) is 15.2. The first-order chi connectivity index (χ1) is 19.2. The molecule has 2 fully saturated rings. The van der Waals surface area contributed by atoms with Gasteiger partial charge in [0, 0.05) is 56.2 Å². The van der Waals surface area contributed by atoms with Gasteiger partial charge in [0.15, 0.2) is 5.11 Å². The van der Waals surface area contributed by atoms with Crippen molar-refractivity contribution in [1.82, 2.24) is 9.73 Å². The van der Waals surface area contributed by atoms with Gasteiger partial charge in [-0.3, -0.25) is 5.43 Å². The van der Waals surface area contributed by atoms with E-state index in [2.05, 4.69) is 64.7 Å². The summed E-state index contributed by atoms with van der Waals surface area (Å²) >= 11 is 5.55. The van der Waals surface area contributed by atoms with E-state index in [0.29, 0.717) is 58.3 Å². The number of hydrazone groups is 1. The zero-order valence-electron chi connectivity index (χ0n) is 23.1. The Labute approximate surface area is 241 Å². The van der Waals surface area contributed by atoms with Crippen molar-refractivity contribution in [3.8, 4) is 0 Å². The Morgan fingerprint density at radius 1 is 1.00 bits per heavy atom. The van der Waals surface area contributed by atoms with Gasteiger partial charge in [0.2, 0.25) is 10.0 Å². The molecule has 0 bridgehead atoms. The minimum atomic E-state index is -3.67. The Bertz CT molecular complexity index is 1410. The summed E-state index contributed by atoms with van der Waals surface area (Å²) in [7, 11) is -1.62. The number of fused-ring (bicyclic) bond motifs is 1. The molecule has 3 aliphatic heterocycles. The van der Waals surface area contributed by atoms with Gasteiger partial charge < -0.3 is 24.6 Å². The third-order valence-electron chi connectivity index (χ3n) is 7.59. The maximum atomic E-state index is 13.3. The number of morpholine rings is 2. The number of hydrogen-bond donors (Lipinski definition) is 2. The van der Waals surface area contributed by atoms with Crippen LogP contribution in [0.5, 0.6) is 0 Å². The Morgan fingerprint density at radius 2 is 1.68 bits per heavy atom. The fourth-order valence-electron chi connectivity index (χ4n) is 5.45. The maximum absolute atomic E-state index is 13.3. The first kappa shape index (κ1) is 28.5. The van der Waals surface area contributed by atoms with Crippen LogP contribution in [0.3, 0.4) is 0 Å². The lowest BCUT2D eigenvalue weighted by Crippen LogP contribution is -2.40. The zero-order valence-corrected chi connectivity index (χ0v) is 24.7. The molecule has 0 amide bonds. The summed E-state index contributed by atoms with van der Waals surface area (Å²) in [6, 6.07) is 13.5. The highest BCUT2D eigenvalue weighted by atomic mass is 32.2. The molecule has 0 atom stereocenters. The minimum absolute atomic E-state index is 0.157. The van der Waals surface area contributed by atoms with Crippen LogP contribution in [0.25, 0.3) is 0 Å². The van der Waals surface area contributed by atoms with Gasteiger partial charge in [0.25, 0.3) is 0 Å². The smallest absolute Gasteiger partial charge is 0.243 e. The van der Waals surface area contributed by atoms with E-state index in [-0.39, 0.29) is 15.4 Å². The second kappa shape index (κ2) is 11.8. The van der Waals surface area contributed by atoms with Gasteiger partial charge in [0.05, 0.1) is 42.7 Å². The molecule has 2 aromatic rings. The molecule has 12 heteroatoms. The van der Waals surface area contributed by atoms with Gasteiger partial charge in [-0.25, -0.2) is 8.42 Å². The molecule has 214 valence electrons. The van der Waals surface area contributed by atoms with Gasteiger partial charge in [-0.05, 0) is 48.1 Å². The highest BCUT2D eigenvalue weighted by Crippen LogP contribution is 2.46. The molecule has 0 spiro atoms. The lowest BCUT2D eigenvalue weighted by molar-refractivity contribution is 0.0730. The Morgan fingerprint density at radius 3 is 2.38 bits per heavy atom. The normalized spacial score (nSPS) is 20.6. The van der Waals surface area contributed by atoms with E-state index < -0.39 is 10.0 Å². The van der Waals surface area contributed by atoms with Crippen LogP contribution in [0.4, 0.5) is 17.1 Å². The molecule has 10 nitrogen and oxygen atoms in total. The number of benzene rings is 2. The van der Waals surface area contributed by atoms with Crippen molar-refractivity contribution in [3.05, 3.63) is 59.8 Å². The number of hydrogen-bond acceptors (Lipinski definition) is 8. The van der Waals surface area contributed by atoms with E-state index in [0.717, 1.165) is 11.4 Å². The highest BCUT2D eigenvalue weighted by Gasteiger charge is 2.37. The van der Waals surface area contributed by atoms with Gasteiger partial charge in [-0.15, -0.1) is 0 Å². The Balaban J connectivity index is 1.33. The number of allylic oxidation sites excluding steroid dienone is 2. The molecule has 2 N–H and O–H groups in total. The second-order valence-corrected chi connectivity index (χ2v) is 12.7. The number of nitrogens with one attached hydrogen (secondary N) is 2. The number of ether oxygens (including phenoxy) is 2. The van der Waals surface area contributed by atoms with Crippen molar-refractivity contribution in [2.24, 2.45) is 5.10 Å². The van der Waals surface area contributed by atoms with Gasteiger partial charge in [-0.1, -0.05) is 32.0 Å². The fourth-order valence-corrected chi connectivity index (χ4v) is 7.04. The molecule has 3 aliphatic rings. The summed E-state index contributed by atoms with van der Waals surface area (Å²) in [5, 5.41) is 7.76. The number of anilines is 3. The lowest BCUT2D eigenvalue weighted by atomic mass is 9.84. The quantitative estimate of drug-likeness (QED) is 0.302. The average molecular weight is 585 g/mol. The van der Waals surface area contributed by atoms with Crippen molar-refractivity contribution < 1.29 is 17.9 Å². The predicted octanol–water partition coefficient (Wildman–Crippen LogP) is 3.13. The molecule has 5 rings (SSSR count). The van der Waals surface area contributed by atoms with Crippen LogP contribution in [-0.4, -0.2) is 83.7 Å². The number of thiocarbonyl (C=S) groups is 1. The van der Waals surface area contributed by atoms with E-state index in [9.17, 15) is 8.42 Å². The van der Waals surface area contributed by atoms with Crippen molar-refractivity contribution in [1.29, 1.82) is 0 Å². The van der Waals surface area contributed by atoms with Gasteiger partial charge in [0.1, 0.15) is 0 Å². The molecule has 40 heavy (non-hydrogen) atoms. The molecule has 2 aromatic carbocycles. The second-order valence-electron chi connectivity index (χ2n) is 10.4. The zero-order chi connectivity index (χ0) is 28.3. The van der Waals surface area contributed by atoms with E-state index in [1.54, 1.807) is 18.3 Å². The Hall–Kier alpha value is -3.03. The fraction of sp³-hybridized carbons (Fsp3) is 0.429. The molecule has 3 heterocycles. The number of rotatable bonds is 6. The number of sulfonamides is 1. The molecule has 2 saturated heterocycles. The summed E-state index contributed by atoms with van der Waals surface area (Å²) in [4.78, 5) is 4.53. The molecule has 0 radical (unpaired) electrons. The SMILES string of the molecule is CN1C(=CC=NNC(=S)Nc2cc(S(=O)(=O)N3CCOCC3)ccc2N2CCOCC2)C(C)(C)c2ccccc21. The lowest BCUT2D eigenvalue weighted by Gasteiger charge is -2.31. The number of likely N-dealkylation sites (N-methyl/N-ethyl adjacent to an activating group) is 1. The monoisotopic (exact) mass is 584 g/mol. The molecule has 0 saturated carbocycles. The van der Waals surface area contributed by atoms with Gasteiger partial charge in [-0.2, -0.15) is 9.41 Å². The standard InChI is InChI=1S/C28H36N6O4S2/c1-28(2)22-6-4-5-7-24(22)32(3)26(28)10-11-29-31-27(39)30-23-20-21(40(35,36)34-14-18-38-19-15-34)8-9-25(23)33-12-16-37-17-13-33/h4-11,20H,12-19H2,1-3H3,(H2,30,31,39). The van der Waals surface area contributed by atoms with Crippen molar-refractivity contribution >= 4 is 50.6 Å². The van der Waals surface area contributed by atoms with Crippen molar-refractivity contribution in [3.63, 3.8) is 0 Å². The number of nitrogens with zero attached hydrogens (tertiary/aromatic N) is 4. The van der Waals surface area contributed by atoms with Crippen LogP contribution in [0, 0.1) is 0 Å². The molecule has 0 aliphatic carbocycles. The predicted molar refractivity (Wildman–Crippen MR) is 163 cm³/mol. The summed E-state index contributed by atoms with van der Waals surface area (Å²) in [6.07, 6.45) is 3.67. The van der Waals surface area contributed by atoms with Crippen LogP contribution < -0.4 is 20.5 Å². The summed E-state index contributed by atoms with van der Waals surface area (Å²) in [6.45, 7) is 8.42. The third kappa shape index (κ3) is 5.72. The van der Waals surface area contributed by atoms with E-state index >= 15 is 0 Å². The van der Waals surface area contributed by atoms with Crippen molar-refractivity contribution in [2.45, 2.75) is 24.2 Å². The van der Waals surface area contributed by atoms with E-state index in [1.807, 2.05) is 18.2 Å².